The minimum Gasteiger partial charge on any atom is -0.384 e. The third-order valence-electron chi connectivity index (χ3n) is 2.58. The highest BCUT2D eigenvalue weighted by molar-refractivity contribution is 6.35. The summed E-state index contributed by atoms with van der Waals surface area (Å²) >= 11 is 12.1. The summed E-state index contributed by atoms with van der Waals surface area (Å²) in [5.74, 6) is 0.00346. The van der Waals surface area contributed by atoms with Crippen molar-refractivity contribution in [2.45, 2.75) is 6.92 Å². The van der Waals surface area contributed by atoms with E-state index in [-0.39, 0.29) is 5.84 Å². The second kappa shape index (κ2) is 4.96. The zero-order chi connectivity index (χ0) is 13.3. The molecule has 0 saturated carbocycles. The number of amidine groups is 1. The lowest BCUT2D eigenvalue weighted by Crippen LogP contribution is -2.13. The molecular weight excluding hydrogens is 269 g/mol. The molecule has 0 unspecified atom stereocenters. The van der Waals surface area contributed by atoms with Crippen LogP contribution in [-0.2, 0) is 0 Å². The van der Waals surface area contributed by atoms with E-state index in [1.165, 1.54) is 0 Å². The third-order valence-corrected chi connectivity index (χ3v) is 3.15. The molecule has 0 spiro atoms. The van der Waals surface area contributed by atoms with Gasteiger partial charge in [0.2, 0.25) is 0 Å². The normalized spacial score (nSPS) is 10.4. The molecule has 92 valence electrons. The van der Waals surface area contributed by atoms with Crippen LogP contribution in [0.4, 0.5) is 0 Å². The van der Waals surface area contributed by atoms with Gasteiger partial charge in [0.25, 0.3) is 0 Å². The van der Waals surface area contributed by atoms with Crippen LogP contribution in [0.1, 0.15) is 11.3 Å². The number of halogens is 2. The van der Waals surface area contributed by atoms with E-state index in [1.807, 2.05) is 0 Å². The number of hydrogen-bond acceptors (Lipinski definition) is 2. The number of aromatic nitrogens is 1. The van der Waals surface area contributed by atoms with Crippen molar-refractivity contribution in [3.8, 4) is 11.3 Å². The fraction of sp³-hybridized carbons (Fsp3) is 0.0769. The molecule has 3 nitrogen and oxygen atoms in total. The molecule has 18 heavy (non-hydrogen) atoms. The van der Waals surface area contributed by atoms with E-state index >= 15 is 0 Å². The summed E-state index contributed by atoms with van der Waals surface area (Å²) < 4.78 is 0. The van der Waals surface area contributed by atoms with Crippen molar-refractivity contribution >= 4 is 29.0 Å². The summed E-state index contributed by atoms with van der Waals surface area (Å²) in [7, 11) is 0. The number of benzene rings is 1. The van der Waals surface area contributed by atoms with Gasteiger partial charge in [0.1, 0.15) is 5.84 Å². The van der Waals surface area contributed by atoms with Gasteiger partial charge in [-0.15, -0.1) is 0 Å². The van der Waals surface area contributed by atoms with Crippen LogP contribution in [0, 0.1) is 12.3 Å². The molecule has 0 amide bonds. The number of nitrogens with one attached hydrogen (secondary N) is 1. The number of rotatable bonds is 2. The van der Waals surface area contributed by atoms with Crippen molar-refractivity contribution in [3.63, 3.8) is 0 Å². The Labute approximate surface area is 115 Å². The number of nitrogen functional groups attached to an aromatic ring is 1. The number of aryl methyl sites for hydroxylation is 1. The van der Waals surface area contributed by atoms with Gasteiger partial charge in [-0.3, -0.25) is 10.4 Å². The zero-order valence-corrected chi connectivity index (χ0v) is 11.2. The molecule has 0 bridgehead atoms. The summed E-state index contributed by atoms with van der Waals surface area (Å²) in [6, 6.07) is 8.76. The first-order valence-corrected chi connectivity index (χ1v) is 6.02. The van der Waals surface area contributed by atoms with Gasteiger partial charge < -0.3 is 5.73 Å². The second-order valence-corrected chi connectivity index (χ2v) is 4.71. The minimum atomic E-state index is 0.00346. The van der Waals surface area contributed by atoms with Gasteiger partial charge in [-0.25, -0.2) is 0 Å². The first-order valence-electron chi connectivity index (χ1n) is 5.26. The highest BCUT2D eigenvalue weighted by Crippen LogP contribution is 2.29. The fourth-order valence-electron chi connectivity index (χ4n) is 1.69. The standard InChI is InChI=1S/C13H11Cl2N3/c1-7-9(13(16)17)3-5-12(18-7)10-6-8(14)2-4-11(10)15/h2-6H,1H3,(H3,16,17). The monoisotopic (exact) mass is 279 g/mol. The predicted octanol–water partition coefficient (Wildman–Crippen LogP) is 3.65. The number of nitrogens with zero attached hydrogens (tertiary/aromatic N) is 1. The molecule has 0 aliphatic heterocycles. The van der Waals surface area contributed by atoms with Crippen LogP contribution in [0.2, 0.25) is 10.0 Å². The minimum absolute atomic E-state index is 0.00346. The molecule has 3 N–H and O–H groups in total. The Hall–Kier alpha value is -1.58. The van der Waals surface area contributed by atoms with E-state index in [0.717, 1.165) is 5.56 Å². The third kappa shape index (κ3) is 2.47. The molecule has 0 fully saturated rings. The first-order chi connectivity index (χ1) is 8.49. The zero-order valence-electron chi connectivity index (χ0n) is 9.67. The van der Waals surface area contributed by atoms with Crippen LogP contribution >= 0.6 is 23.2 Å². The van der Waals surface area contributed by atoms with Crippen molar-refractivity contribution in [1.29, 1.82) is 5.41 Å². The predicted molar refractivity (Wildman–Crippen MR) is 75.4 cm³/mol. The number of pyridine rings is 1. The summed E-state index contributed by atoms with van der Waals surface area (Å²) in [4.78, 5) is 4.40. The SMILES string of the molecule is Cc1nc(-c2cc(Cl)ccc2Cl)ccc1C(=N)N. The maximum Gasteiger partial charge on any atom is 0.124 e. The highest BCUT2D eigenvalue weighted by atomic mass is 35.5. The van der Waals surface area contributed by atoms with Crippen LogP contribution in [-0.4, -0.2) is 10.8 Å². The van der Waals surface area contributed by atoms with Gasteiger partial charge in [-0.05, 0) is 37.3 Å². The number of nitrogens with two attached hydrogens (primary N) is 1. The van der Waals surface area contributed by atoms with Crippen LogP contribution in [0.15, 0.2) is 30.3 Å². The lowest BCUT2D eigenvalue weighted by Gasteiger charge is -2.08. The van der Waals surface area contributed by atoms with E-state index in [1.54, 1.807) is 37.3 Å². The van der Waals surface area contributed by atoms with Crippen LogP contribution in [0.3, 0.4) is 0 Å². The van der Waals surface area contributed by atoms with Crippen molar-refractivity contribution in [3.05, 3.63) is 51.6 Å². The molecule has 1 aromatic carbocycles. The van der Waals surface area contributed by atoms with Crippen LogP contribution < -0.4 is 5.73 Å². The topological polar surface area (TPSA) is 62.8 Å². The molecule has 0 aliphatic rings. The molecule has 1 heterocycles. The maximum absolute atomic E-state index is 7.42. The van der Waals surface area contributed by atoms with Gasteiger partial charge in [0.15, 0.2) is 0 Å². The molecule has 2 aromatic rings. The Morgan fingerprint density at radius 2 is 1.94 bits per heavy atom. The van der Waals surface area contributed by atoms with E-state index in [4.69, 9.17) is 34.3 Å². The second-order valence-electron chi connectivity index (χ2n) is 3.87. The van der Waals surface area contributed by atoms with E-state index < -0.39 is 0 Å². The lowest BCUT2D eigenvalue weighted by atomic mass is 10.1. The van der Waals surface area contributed by atoms with Gasteiger partial charge in [0, 0.05) is 21.8 Å². The first kappa shape index (κ1) is 12.9. The quantitative estimate of drug-likeness (QED) is 0.651. The Bertz CT molecular complexity index is 624. The Kier molecular flexibility index (Phi) is 3.55. The maximum atomic E-state index is 7.42. The molecule has 0 aliphatic carbocycles. The van der Waals surface area contributed by atoms with Crippen LogP contribution in [0.25, 0.3) is 11.3 Å². The van der Waals surface area contributed by atoms with Crippen molar-refractivity contribution < 1.29 is 0 Å². The number of hydrogen-bond donors (Lipinski definition) is 2. The van der Waals surface area contributed by atoms with Gasteiger partial charge >= 0.3 is 0 Å². The van der Waals surface area contributed by atoms with Crippen molar-refractivity contribution in [2.24, 2.45) is 5.73 Å². The van der Waals surface area contributed by atoms with Gasteiger partial charge in [-0.1, -0.05) is 23.2 Å². The van der Waals surface area contributed by atoms with Crippen LogP contribution in [0.5, 0.6) is 0 Å². The molecule has 0 radical (unpaired) electrons. The largest absolute Gasteiger partial charge is 0.384 e. The molecular formula is C13H11Cl2N3. The van der Waals surface area contributed by atoms with E-state index in [2.05, 4.69) is 4.98 Å². The lowest BCUT2D eigenvalue weighted by molar-refractivity contribution is 1.18. The average Bonchev–Trinajstić information content (AvgIpc) is 2.31. The smallest absolute Gasteiger partial charge is 0.124 e. The average molecular weight is 280 g/mol. The molecule has 1 aromatic heterocycles. The summed E-state index contributed by atoms with van der Waals surface area (Å²) in [6.07, 6.45) is 0. The fourth-order valence-corrected chi connectivity index (χ4v) is 2.08. The highest BCUT2D eigenvalue weighted by Gasteiger charge is 2.09. The Balaban J connectivity index is 2.55. The summed E-state index contributed by atoms with van der Waals surface area (Å²) in [5, 5.41) is 8.60. The molecule has 0 saturated heterocycles. The summed E-state index contributed by atoms with van der Waals surface area (Å²) in [5.41, 5.74) is 8.25. The molecule has 2 rings (SSSR count). The Morgan fingerprint density at radius 3 is 2.56 bits per heavy atom. The van der Waals surface area contributed by atoms with Crippen molar-refractivity contribution in [1.82, 2.24) is 4.98 Å². The molecule has 0 atom stereocenters. The summed E-state index contributed by atoms with van der Waals surface area (Å²) in [6.45, 7) is 1.80. The van der Waals surface area contributed by atoms with E-state index in [9.17, 15) is 0 Å². The molecule has 5 heteroatoms. The van der Waals surface area contributed by atoms with E-state index in [0.29, 0.717) is 27.0 Å². The van der Waals surface area contributed by atoms with Crippen molar-refractivity contribution in [2.75, 3.05) is 0 Å². The Morgan fingerprint density at radius 1 is 1.22 bits per heavy atom. The van der Waals surface area contributed by atoms with Gasteiger partial charge in [-0.2, -0.15) is 0 Å². The van der Waals surface area contributed by atoms with Gasteiger partial charge in [0.05, 0.1) is 10.7 Å².